The molecule has 4 rings (SSSR count). The van der Waals surface area contributed by atoms with E-state index < -0.39 is 29.9 Å². The standard InChI is InChI=1S/C29H36FN3O6/c1-18(34)31-14-23-17-33(28(37)38-23)22-10-11-24(25(30)13-22)20-8-5-19(6-9-20)7-12-26(35)21-15-32(16-21)27(36)39-29(2,3)4/h5-6,8-11,21-23H,7,12-17H2,1-4H3,(H,31,34)/t22?,23-/m0/s1. The number of amides is 3. The molecule has 0 bridgehead atoms. The Labute approximate surface area is 228 Å². The van der Waals surface area contributed by atoms with Crippen molar-refractivity contribution in [2.45, 2.75) is 64.7 Å². The molecule has 210 valence electrons. The van der Waals surface area contributed by atoms with E-state index in [0.717, 1.165) is 11.1 Å². The molecule has 1 aliphatic carbocycles. The maximum absolute atomic E-state index is 15.1. The molecule has 2 fully saturated rings. The van der Waals surface area contributed by atoms with Crippen molar-refractivity contribution >= 4 is 29.5 Å². The molecule has 39 heavy (non-hydrogen) atoms. The first kappa shape index (κ1) is 28.3. The number of hydrogen-bond acceptors (Lipinski definition) is 6. The summed E-state index contributed by atoms with van der Waals surface area (Å²) in [5.74, 6) is -0.565. The van der Waals surface area contributed by atoms with E-state index in [0.29, 0.717) is 31.5 Å². The molecule has 1 aromatic rings. The average Bonchev–Trinajstić information content (AvgIpc) is 3.20. The minimum atomic E-state index is -0.562. The van der Waals surface area contributed by atoms with Crippen molar-refractivity contribution in [2.75, 3.05) is 26.2 Å². The SMILES string of the molecule is CC(=O)NC[C@H]1CN(C2C=CC(c3ccc(CCC(=O)C4CN(C(=O)OC(C)(C)C)C4)cc3)=C(F)C2)C(=O)O1. The Hall–Kier alpha value is -3.69. The number of nitrogens with zero attached hydrogens (tertiary/aromatic N) is 2. The Balaban J connectivity index is 1.25. The Kier molecular flexibility index (Phi) is 8.42. The number of Topliss-reactive ketones (excluding diaryl/α,β-unsaturated/α-hetero) is 1. The minimum Gasteiger partial charge on any atom is -0.444 e. The minimum absolute atomic E-state index is 0.0474. The van der Waals surface area contributed by atoms with Gasteiger partial charge in [-0.3, -0.25) is 14.5 Å². The maximum atomic E-state index is 15.1. The first-order chi connectivity index (χ1) is 18.4. The van der Waals surface area contributed by atoms with Crippen molar-refractivity contribution in [1.29, 1.82) is 0 Å². The Morgan fingerprint density at radius 2 is 1.82 bits per heavy atom. The summed E-state index contributed by atoms with van der Waals surface area (Å²) in [5.41, 5.74) is 1.59. The summed E-state index contributed by atoms with van der Waals surface area (Å²) in [4.78, 5) is 51.0. The Bertz CT molecular complexity index is 1180. The molecule has 2 heterocycles. The van der Waals surface area contributed by atoms with E-state index in [9.17, 15) is 19.2 Å². The number of allylic oxidation sites excluding steroid dienone is 2. The summed E-state index contributed by atoms with van der Waals surface area (Å²) < 4.78 is 25.7. The number of carbonyl (C=O) groups excluding carboxylic acids is 4. The highest BCUT2D eigenvalue weighted by Crippen LogP contribution is 2.32. The molecular formula is C29H36FN3O6. The van der Waals surface area contributed by atoms with Crippen molar-refractivity contribution in [3.8, 4) is 0 Å². The fourth-order valence-electron chi connectivity index (χ4n) is 4.78. The predicted molar refractivity (Wildman–Crippen MR) is 142 cm³/mol. The molecule has 0 aromatic heterocycles. The third-order valence-corrected chi connectivity index (χ3v) is 6.96. The van der Waals surface area contributed by atoms with E-state index >= 15 is 4.39 Å². The zero-order chi connectivity index (χ0) is 28.3. The molecule has 10 heteroatoms. The fourth-order valence-corrected chi connectivity index (χ4v) is 4.78. The van der Waals surface area contributed by atoms with E-state index in [1.807, 2.05) is 45.0 Å². The Morgan fingerprint density at radius 3 is 2.44 bits per heavy atom. The van der Waals surface area contributed by atoms with Gasteiger partial charge in [-0.15, -0.1) is 0 Å². The summed E-state index contributed by atoms with van der Waals surface area (Å²) in [6.07, 6.45) is 3.10. The summed E-state index contributed by atoms with van der Waals surface area (Å²) in [6, 6.07) is 7.00. The highest BCUT2D eigenvalue weighted by atomic mass is 19.1. The molecule has 1 N–H and O–H groups in total. The van der Waals surface area contributed by atoms with Gasteiger partial charge in [0.25, 0.3) is 0 Å². The van der Waals surface area contributed by atoms with Crippen LogP contribution in [0.3, 0.4) is 0 Å². The number of benzene rings is 1. The lowest BCUT2D eigenvalue weighted by molar-refractivity contribution is -0.127. The lowest BCUT2D eigenvalue weighted by Crippen LogP contribution is -2.54. The van der Waals surface area contributed by atoms with Crippen molar-refractivity contribution < 1.29 is 33.0 Å². The molecule has 0 spiro atoms. The van der Waals surface area contributed by atoms with Crippen LogP contribution in [0.2, 0.25) is 0 Å². The summed E-state index contributed by atoms with van der Waals surface area (Å²) >= 11 is 0. The molecule has 1 unspecified atom stereocenters. The second kappa shape index (κ2) is 11.6. The largest absolute Gasteiger partial charge is 0.444 e. The van der Waals surface area contributed by atoms with Crippen LogP contribution in [-0.2, 0) is 25.5 Å². The van der Waals surface area contributed by atoms with Gasteiger partial charge < -0.3 is 19.7 Å². The number of halogens is 1. The van der Waals surface area contributed by atoms with Gasteiger partial charge in [0.15, 0.2) is 0 Å². The van der Waals surface area contributed by atoms with E-state index in [1.54, 1.807) is 17.1 Å². The maximum Gasteiger partial charge on any atom is 0.410 e. The zero-order valence-electron chi connectivity index (χ0n) is 22.9. The van der Waals surface area contributed by atoms with Crippen LogP contribution in [0.4, 0.5) is 14.0 Å². The number of carbonyl (C=O) groups is 4. The third kappa shape index (κ3) is 7.25. The van der Waals surface area contributed by atoms with Crippen molar-refractivity contribution in [1.82, 2.24) is 15.1 Å². The van der Waals surface area contributed by atoms with Crippen LogP contribution in [0.5, 0.6) is 0 Å². The first-order valence-corrected chi connectivity index (χ1v) is 13.3. The second-order valence-electron chi connectivity index (χ2n) is 11.3. The number of hydrogen-bond donors (Lipinski definition) is 1. The van der Waals surface area contributed by atoms with E-state index in [4.69, 9.17) is 9.47 Å². The van der Waals surface area contributed by atoms with Gasteiger partial charge in [0.1, 0.15) is 23.3 Å². The van der Waals surface area contributed by atoms with E-state index in [-0.39, 0.29) is 42.9 Å². The lowest BCUT2D eigenvalue weighted by Gasteiger charge is -2.38. The van der Waals surface area contributed by atoms with Gasteiger partial charge in [-0.1, -0.05) is 36.4 Å². The first-order valence-electron chi connectivity index (χ1n) is 13.3. The van der Waals surface area contributed by atoms with Crippen LogP contribution < -0.4 is 5.32 Å². The molecular weight excluding hydrogens is 505 g/mol. The van der Waals surface area contributed by atoms with Gasteiger partial charge in [-0.25, -0.2) is 14.0 Å². The number of aryl methyl sites for hydroxylation is 1. The molecule has 1 aromatic carbocycles. The van der Waals surface area contributed by atoms with E-state index in [2.05, 4.69) is 5.32 Å². The Morgan fingerprint density at radius 1 is 1.13 bits per heavy atom. The molecule has 2 atom stereocenters. The monoisotopic (exact) mass is 541 g/mol. The van der Waals surface area contributed by atoms with Crippen molar-refractivity contribution in [3.05, 3.63) is 53.4 Å². The quantitative estimate of drug-likeness (QED) is 0.533. The number of ether oxygens (including phenoxy) is 2. The molecule has 0 saturated carbocycles. The fraction of sp³-hybridized carbons (Fsp3) is 0.517. The summed E-state index contributed by atoms with van der Waals surface area (Å²) in [6.45, 7) is 8.10. The molecule has 0 radical (unpaired) electrons. The number of cyclic esters (lactones) is 1. The van der Waals surface area contributed by atoms with Gasteiger partial charge in [0, 0.05) is 38.4 Å². The van der Waals surface area contributed by atoms with Crippen molar-refractivity contribution in [2.24, 2.45) is 5.92 Å². The van der Waals surface area contributed by atoms with Crippen molar-refractivity contribution in [3.63, 3.8) is 0 Å². The number of ketones is 1. The molecule has 3 aliphatic rings. The number of likely N-dealkylation sites (tertiary alicyclic amines) is 1. The van der Waals surface area contributed by atoms with Crippen LogP contribution in [-0.4, -0.2) is 77.6 Å². The van der Waals surface area contributed by atoms with Gasteiger partial charge in [0.2, 0.25) is 5.91 Å². The zero-order valence-corrected chi connectivity index (χ0v) is 22.9. The van der Waals surface area contributed by atoms with Gasteiger partial charge in [0.05, 0.1) is 25.0 Å². The van der Waals surface area contributed by atoms with Crippen LogP contribution >= 0.6 is 0 Å². The topological polar surface area (TPSA) is 105 Å². The van der Waals surface area contributed by atoms with Crippen LogP contribution in [0.25, 0.3) is 5.57 Å². The van der Waals surface area contributed by atoms with Gasteiger partial charge >= 0.3 is 12.2 Å². The van der Waals surface area contributed by atoms with Crippen LogP contribution in [0, 0.1) is 5.92 Å². The van der Waals surface area contributed by atoms with Crippen LogP contribution in [0.1, 0.15) is 51.7 Å². The lowest BCUT2D eigenvalue weighted by atomic mass is 9.91. The highest BCUT2D eigenvalue weighted by Gasteiger charge is 2.38. The smallest absolute Gasteiger partial charge is 0.410 e. The molecule has 2 aliphatic heterocycles. The molecule has 2 saturated heterocycles. The normalized spacial score (nSPS) is 21.5. The van der Waals surface area contributed by atoms with E-state index in [1.165, 1.54) is 11.8 Å². The number of rotatable bonds is 8. The highest BCUT2D eigenvalue weighted by molar-refractivity contribution is 5.84. The molecule has 9 nitrogen and oxygen atoms in total. The van der Waals surface area contributed by atoms with Crippen LogP contribution in [0.15, 0.2) is 42.2 Å². The van der Waals surface area contributed by atoms with Gasteiger partial charge in [-0.05, 0) is 38.3 Å². The molecule has 3 amide bonds. The average molecular weight is 542 g/mol. The predicted octanol–water partition coefficient (Wildman–Crippen LogP) is 4.02. The second-order valence-corrected chi connectivity index (χ2v) is 11.3. The number of nitrogens with one attached hydrogen (secondary N) is 1. The summed E-state index contributed by atoms with van der Waals surface area (Å²) in [7, 11) is 0. The van der Waals surface area contributed by atoms with Gasteiger partial charge in [-0.2, -0.15) is 0 Å². The third-order valence-electron chi connectivity index (χ3n) is 6.96. The summed E-state index contributed by atoms with van der Waals surface area (Å²) in [5, 5.41) is 2.63.